The fraction of sp³-hybridized carbons (Fsp3) is 0.0345. The molecule has 1 aromatic heterocycles. The molecule has 0 saturated heterocycles. The minimum atomic E-state index is 0.864. The van der Waals surface area contributed by atoms with Crippen LogP contribution in [0.15, 0.2) is 109 Å². The van der Waals surface area contributed by atoms with Gasteiger partial charge in [0.15, 0.2) is 5.06 Å². The molecule has 0 aliphatic heterocycles. The Morgan fingerprint density at radius 3 is 2.16 bits per heavy atom. The molecular weight excluding hydrogens is 396 g/mol. The van der Waals surface area contributed by atoms with Crippen molar-refractivity contribution in [2.45, 2.75) is 6.42 Å². The first-order valence-electron chi connectivity index (χ1n) is 10.5. The number of fused-ring (bicyclic) bond motifs is 3. The van der Waals surface area contributed by atoms with Crippen molar-refractivity contribution in [2.24, 2.45) is 0 Å². The summed E-state index contributed by atoms with van der Waals surface area (Å²) in [5, 5.41) is 2.94. The van der Waals surface area contributed by atoms with Gasteiger partial charge in [0.1, 0.15) is 5.75 Å². The van der Waals surface area contributed by atoms with Crippen molar-refractivity contribution in [3.8, 4) is 44.2 Å². The van der Waals surface area contributed by atoms with Crippen LogP contribution in [0, 0.1) is 0 Å². The molecule has 4 aromatic carbocycles. The second-order valence-electron chi connectivity index (χ2n) is 7.77. The lowest BCUT2D eigenvalue weighted by Crippen LogP contribution is -1.93. The van der Waals surface area contributed by atoms with E-state index >= 15 is 0 Å². The van der Waals surface area contributed by atoms with Gasteiger partial charge >= 0.3 is 0 Å². The molecule has 1 aliphatic rings. The SMILES string of the molecule is c1ccc(-c2ccc3c(c2-c2ccc(Oc4cccs4)cc2)Cc2ccccc2-3)cc1. The molecule has 0 atom stereocenters. The van der Waals surface area contributed by atoms with Crippen molar-refractivity contribution in [3.05, 3.63) is 120 Å². The lowest BCUT2D eigenvalue weighted by Gasteiger charge is -2.16. The maximum absolute atomic E-state index is 5.99. The van der Waals surface area contributed by atoms with Gasteiger partial charge in [-0.15, -0.1) is 11.3 Å². The summed E-state index contributed by atoms with van der Waals surface area (Å²) in [5.74, 6) is 0.864. The van der Waals surface area contributed by atoms with Crippen molar-refractivity contribution >= 4 is 11.3 Å². The Hall–Kier alpha value is -3.62. The van der Waals surface area contributed by atoms with E-state index in [0.717, 1.165) is 17.2 Å². The largest absolute Gasteiger partial charge is 0.447 e. The van der Waals surface area contributed by atoms with E-state index in [1.54, 1.807) is 11.3 Å². The van der Waals surface area contributed by atoms with Crippen molar-refractivity contribution in [3.63, 3.8) is 0 Å². The zero-order valence-electron chi connectivity index (χ0n) is 16.9. The molecule has 0 saturated carbocycles. The smallest absolute Gasteiger partial charge is 0.180 e. The van der Waals surface area contributed by atoms with E-state index in [0.29, 0.717) is 0 Å². The summed E-state index contributed by atoms with van der Waals surface area (Å²) in [7, 11) is 0. The van der Waals surface area contributed by atoms with Gasteiger partial charge in [0.05, 0.1) is 0 Å². The number of rotatable bonds is 4. The Labute approximate surface area is 186 Å². The Morgan fingerprint density at radius 2 is 1.35 bits per heavy atom. The molecular formula is C29H20OS. The third kappa shape index (κ3) is 3.26. The van der Waals surface area contributed by atoms with E-state index in [9.17, 15) is 0 Å². The fourth-order valence-corrected chi connectivity index (χ4v) is 5.12. The number of ether oxygens (including phenoxy) is 1. The predicted molar refractivity (Wildman–Crippen MR) is 130 cm³/mol. The molecule has 31 heavy (non-hydrogen) atoms. The highest BCUT2D eigenvalue weighted by molar-refractivity contribution is 7.11. The van der Waals surface area contributed by atoms with Gasteiger partial charge in [0.25, 0.3) is 0 Å². The molecule has 0 fully saturated rings. The predicted octanol–water partition coefficient (Wildman–Crippen LogP) is 8.45. The number of hydrogen-bond acceptors (Lipinski definition) is 2. The zero-order valence-corrected chi connectivity index (χ0v) is 17.7. The first kappa shape index (κ1) is 18.2. The van der Waals surface area contributed by atoms with Gasteiger partial charge in [-0.05, 0) is 80.6 Å². The van der Waals surface area contributed by atoms with Crippen LogP contribution in [0.2, 0.25) is 0 Å². The van der Waals surface area contributed by atoms with Gasteiger partial charge in [-0.3, -0.25) is 0 Å². The summed E-state index contributed by atoms with van der Waals surface area (Å²) < 4.78 is 5.99. The molecule has 0 radical (unpaired) electrons. The molecule has 0 spiro atoms. The fourth-order valence-electron chi connectivity index (χ4n) is 4.53. The molecule has 0 amide bonds. The first-order valence-corrected chi connectivity index (χ1v) is 11.4. The van der Waals surface area contributed by atoms with Gasteiger partial charge in [0.2, 0.25) is 0 Å². The lowest BCUT2D eigenvalue weighted by molar-refractivity contribution is 0.497. The quantitative estimate of drug-likeness (QED) is 0.280. The Morgan fingerprint density at radius 1 is 0.581 bits per heavy atom. The normalized spacial score (nSPS) is 11.7. The van der Waals surface area contributed by atoms with Gasteiger partial charge in [0, 0.05) is 0 Å². The summed E-state index contributed by atoms with van der Waals surface area (Å²) in [6, 6.07) is 36.5. The summed E-state index contributed by atoms with van der Waals surface area (Å²) in [4.78, 5) is 0. The number of benzene rings is 4. The van der Waals surface area contributed by atoms with E-state index in [2.05, 4.69) is 91.0 Å². The van der Waals surface area contributed by atoms with E-state index in [4.69, 9.17) is 4.74 Å². The standard InChI is InChI=1S/C29H20OS/c1-2-7-20(8-3-1)25-16-17-26-24-10-5-4-9-22(24)19-27(26)29(25)21-12-14-23(15-13-21)30-28-11-6-18-31-28/h1-18H,19H2. The second kappa shape index (κ2) is 7.57. The first-order chi connectivity index (χ1) is 15.4. The molecule has 0 unspecified atom stereocenters. The van der Waals surface area contributed by atoms with E-state index in [1.165, 1.54) is 44.5 Å². The lowest BCUT2D eigenvalue weighted by atomic mass is 9.88. The van der Waals surface area contributed by atoms with Crippen molar-refractivity contribution in [2.75, 3.05) is 0 Å². The average molecular weight is 417 g/mol. The third-order valence-electron chi connectivity index (χ3n) is 5.93. The van der Waals surface area contributed by atoms with Gasteiger partial charge in [-0.2, -0.15) is 0 Å². The molecule has 1 nitrogen and oxygen atoms in total. The zero-order chi connectivity index (χ0) is 20.6. The topological polar surface area (TPSA) is 9.23 Å². The van der Waals surface area contributed by atoms with Crippen LogP contribution in [-0.4, -0.2) is 0 Å². The van der Waals surface area contributed by atoms with Crippen LogP contribution in [-0.2, 0) is 6.42 Å². The van der Waals surface area contributed by atoms with Gasteiger partial charge in [-0.1, -0.05) is 78.9 Å². The molecule has 1 heterocycles. The molecule has 0 bridgehead atoms. The van der Waals surface area contributed by atoms with Crippen LogP contribution >= 0.6 is 11.3 Å². The summed E-state index contributed by atoms with van der Waals surface area (Å²) >= 11 is 1.61. The summed E-state index contributed by atoms with van der Waals surface area (Å²) in [5.41, 5.74) is 10.6. The summed E-state index contributed by atoms with van der Waals surface area (Å²) in [6.07, 6.45) is 0.967. The van der Waals surface area contributed by atoms with E-state index in [-0.39, 0.29) is 0 Å². The molecule has 2 heteroatoms. The minimum absolute atomic E-state index is 0.864. The maximum atomic E-state index is 5.99. The molecule has 148 valence electrons. The molecule has 0 N–H and O–H groups in total. The minimum Gasteiger partial charge on any atom is -0.447 e. The molecule has 5 aromatic rings. The average Bonchev–Trinajstić information content (AvgIpc) is 3.47. The van der Waals surface area contributed by atoms with Crippen molar-refractivity contribution < 1.29 is 4.74 Å². The highest BCUT2D eigenvalue weighted by Crippen LogP contribution is 2.46. The van der Waals surface area contributed by atoms with Crippen LogP contribution in [0.3, 0.4) is 0 Å². The Bertz CT molecular complexity index is 1350. The number of hydrogen-bond donors (Lipinski definition) is 0. The highest BCUT2D eigenvalue weighted by Gasteiger charge is 2.24. The van der Waals surface area contributed by atoms with Crippen molar-refractivity contribution in [1.82, 2.24) is 0 Å². The number of thiophene rings is 1. The Balaban J connectivity index is 1.49. The van der Waals surface area contributed by atoms with Crippen LogP contribution in [0.5, 0.6) is 10.8 Å². The third-order valence-corrected chi connectivity index (χ3v) is 6.67. The highest BCUT2D eigenvalue weighted by atomic mass is 32.1. The molecule has 6 rings (SSSR count). The van der Waals surface area contributed by atoms with Crippen LogP contribution < -0.4 is 4.74 Å². The van der Waals surface area contributed by atoms with Crippen molar-refractivity contribution in [1.29, 1.82) is 0 Å². The van der Waals surface area contributed by atoms with Crippen LogP contribution in [0.1, 0.15) is 11.1 Å². The van der Waals surface area contributed by atoms with Crippen LogP contribution in [0.4, 0.5) is 0 Å². The van der Waals surface area contributed by atoms with E-state index in [1.807, 2.05) is 17.5 Å². The second-order valence-corrected chi connectivity index (χ2v) is 8.68. The Kier molecular flexibility index (Phi) is 4.44. The maximum Gasteiger partial charge on any atom is 0.180 e. The van der Waals surface area contributed by atoms with E-state index < -0.39 is 0 Å². The van der Waals surface area contributed by atoms with Gasteiger partial charge in [-0.25, -0.2) is 0 Å². The van der Waals surface area contributed by atoms with Crippen LogP contribution in [0.25, 0.3) is 33.4 Å². The van der Waals surface area contributed by atoms with Gasteiger partial charge < -0.3 is 4.74 Å². The summed E-state index contributed by atoms with van der Waals surface area (Å²) in [6.45, 7) is 0. The molecule has 1 aliphatic carbocycles. The monoisotopic (exact) mass is 416 g/mol.